The van der Waals surface area contributed by atoms with E-state index in [9.17, 15) is 19.5 Å². The third-order valence-electron chi connectivity index (χ3n) is 5.19. The molecular formula is C22H26N6O4S. The van der Waals surface area contributed by atoms with E-state index in [-0.39, 0.29) is 27.3 Å². The maximum absolute atomic E-state index is 12.6. The monoisotopic (exact) mass is 470 g/mol. The van der Waals surface area contributed by atoms with E-state index in [1.165, 1.54) is 23.6 Å². The van der Waals surface area contributed by atoms with E-state index >= 15 is 0 Å². The molecule has 1 aromatic heterocycles. The van der Waals surface area contributed by atoms with E-state index in [1.807, 2.05) is 0 Å². The van der Waals surface area contributed by atoms with E-state index < -0.39 is 11.5 Å². The van der Waals surface area contributed by atoms with Gasteiger partial charge in [0.05, 0.1) is 0 Å². The van der Waals surface area contributed by atoms with Crippen molar-refractivity contribution in [3.63, 3.8) is 0 Å². The average Bonchev–Trinajstić information content (AvgIpc) is 3.41. The predicted octanol–water partition coefficient (Wildman–Crippen LogP) is 0.756. The first kappa shape index (κ1) is 24.0. The quantitative estimate of drug-likeness (QED) is 0.446. The Morgan fingerprint density at radius 2 is 1.88 bits per heavy atom. The number of carbonyl (C=O) groups excluding carboxylic acids is 1. The molecule has 1 aliphatic rings. The number of carboxylic acid groups (broad SMARTS) is 1. The topological polar surface area (TPSA) is 139 Å². The molecule has 0 bridgehead atoms. The summed E-state index contributed by atoms with van der Waals surface area (Å²) in [5.74, 6) is -1.37. The van der Waals surface area contributed by atoms with Crippen LogP contribution in [0.1, 0.15) is 19.8 Å². The second-order valence-corrected chi connectivity index (χ2v) is 8.44. The summed E-state index contributed by atoms with van der Waals surface area (Å²) in [5.41, 5.74) is 0.464. The van der Waals surface area contributed by atoms with E-state index in [2.05, 4.69) is 20.9 Å². The number of likely N-dealkylation sites (tertiary alicyclic amines) is 1. The second kappa shape index (κ2) is 11.3. The number of thiazole rings is 1. The Morgan fingerprint density at radius 1 is 1.21 bits per heavy atom. The van der Waals surface area contributed by atoms with Gasteiger partial charge in [-0.3, -0.25) is 9.36 Å². The van der Waals surface area contributed by atoms with Gasteiger partial charge in [0.25, 0.3) is 5.56 Å². The Balaban J connectivity index is 1.64. The number of nitrogens with one attached hydrogen (secondary N) is 3. The molecule has 1 aliphatic heterocycles. The lowest BCUT2D eigenvalue weighted by Gasteiger charge is -2.15. The SMILES string of the molecule is CCn1c(=C(C#N)C(=O)O)sc(=CNc2ccc(NC(=O)NCCN3CCCC3)cc2)c1=O. The standard InChI is InChI=1S/C22H26N6O4S/c1-2-28-19(29)18(33-20(28)17(13-23)21(30)31)14-25-15-5-7-16(8-6-15)26-22(32)24-9-12-27-10-3-4-11-27/h5-8,14,25H,2-4,9-12H2,1H3,(H,30,31)(H2,24,26,32). The first-order valence-corrected chi connectivity index (χ1v) is 11.5. The van der Waals surface area contributed by atoms with Crippen LogP contribution in [0.3, 0.4) is 0 Å². The summed E-state index contributed by atoms with van der Waals surface area (Å²) in [5, 5.41) is 27.0. The highest BCUT2D eigenvalue weighted by atomic mass is 32.1. The van der Waals surface area contributed by atoms with Gasteiger partial charge in [0.1, 0.15) is 15.3 Å². The van der Waals surface area contributed by atoms with Crippen molar-refractivity contribution in [3.8, 4) is 6.07 Å². The van der Waals surface area contributed by atoms with E-state index in [1.54, 1.807) is 37.3 Å². The van der Waals surface area contributed by atoms with Gasteiger partial charge < -0.3 is 26.0 Å². The largest absolute Gasteiger partial charge is 0.477 e. The van der Waals surface area contributed by atoms with Gasteiger partial charge in [0, 0.05) is 37.2 Å². The number of nitrogens with zero attached hydrogens (tertiary/aromatic N) is 3. The van der Waals surface area contributed by atoms with E-state index in [4.69, 9.17) is 5.26 Å². The van der Waals surface area contributed by atoms with Crippen LogP contribution in [-0.4, -0.2) is 52.8 Å². The molecule has 10 nitrogen and oxygen atoms in total. The number of carboxylic acids is 1. The summed E-state index contributed by atoms with van der Waals surface area (Å²) in [6.07, 6.45) is 3.91. The van der Waals surface area contributed by atoms with Crippen molar-refractivity contribution in [1.29, 1.82) is 5.26 Å². The first-order chi connectivity index (χ1) is 15.9. The number of urea groups is 1. The molecular weight excluding hydrogens is 444 g/mol. The maximum atomic E-state index is 12.6. The van der Waals surface area contributed by atoms with Gasteiger partial charge in [-0.2, -0.15) is 5.26 Å². The molecule has 0 saturated carbocycles. The zero-order valence-corrected chi connectivity index (χ0v) is 19.1. The summed E-state index contributed by atoms with van der Waals surface area (Å²) in [7, 11) is 0. The molecule has 11 heteroatoms. The van der Waals surface area contributed by atoms with Crippen LogP contribution in [0, 0.1) is 11.3 Å². The lowest BCUT2D eigenvalue weighted by molar-refractivity contribution is -0.130. The number of hydrogen-bond donors (Lipinski definition) is 4. The number of benzene rings is 1. The number of anilines is 2. The Hall–Kier alpha value is -3.62. The summed E-state index contributed by atoms with van der Waals surface area (Å²) in [6.45, 7) is 5.56. The van der Waals surface area contributed by atoms with Crippen LogP contribution in [0.15, 0.2) is 29.1 Å². The molecule has 2 heterocycles. The highest BCUT2D eigenvalue weighted by molar-refractivity contribution is 7.07. The van der Waals surface area contributed by atoms with Gasteiger partial charge in [-0.25, -0.2) is 9.59 Å². The van der Waals surface area contributed by atoms with Crippen LogP contribution < -0.4 is 30.7 Å². The summed E-state index contributed by atoms with van der Waals surface area (Å²) < 4.78 is 1.65. The van der Waals surface area contributed by atoms with Gasteiger partial charge in [0.2, 0.25) is 0 Å². The Bertz CT molecular complexity index is 1220. The molecule has 1 fully saturated rings. The third-order valence-corrected chi connectivity index (χ3v) is 6.32. The van der Waals surface area contributed by atoms with Gasteiger partial charge >= 0.3 is 12.0 Å². The number of aromatic nitrogens is 1. The highest BCUT2D eigenvalue weighted by Gasteiger charge is 2.14. The molecule has 2 aromatic rings. The molecule has 174 valence electrons. The summed E-state index contributed by atoms with van der Waals surface area (Å²) >= 11 is 0.942. The van der Waals surface area contributed by atoms with Crippen molar-refractivity contribution in [3.05, 3.63) is 43.8 Å². The third kappa shape index (κ3) is 6.21. The number of aliphatic carboxylic acids is 1. The fourth-order valence-corrected chi connectivity index (χ4v) is 4.57. The lowest BCUT2D eigenvalue weighted by atomic mass is 10.3. The molecule has 0 unspecified atom stereocenters. The van der Waals surface area contributed by atoms with Crippen LogP contribution in [0.5, 0.6) is 0 Å². The molecule has 1 saturated heterocycles. The Kier molecular flexibility index (Phi) is 8.23. The molecule has 0 radical (unpaired) electrons. The average molecular weight is 471 g/mol. The van der Waals surface area contributed by atoms with Gasteiger partial charge in [-0.1, -0.05) is 0 Å². The minimum Gasteiger partial charge on any atom is -0.477 e. The van der Waals surface area contributed by atoms with Crippen LogP contribution in [0.2, 0.25) is 0 Å². The fourth-order valence-electron chi connectivity index (χ4n) is 3.49. The van der Waals surface area contributed by atoms with Crippen molar-refractivity contribution in [2.45, 2.75) is 26.3 Å². The molecule has 3 rings (SSSR count). The van der Waals surface area contributed by atoms with Crippen molar-refractivity contribution in [2.75, 3.05) is 36.8 Å². The number of carbonyl (C=O) groups is 2. The predicted molar refractivity (Wildman–Crippen MR) is 127 cm³/mol. The Labute approximate surface area is 194 Å². The van der Waals surface area contributed by atoms with Crippen molar-refractivity contribution in [1.82, 2.24) is 14.8 Å². The first-order valence-electron chi connectivity index (χ1n) is 10.6. The fraction of sp³-hybridized carbons (Fsp3) is 0.364. The van der Waals surface area contributed by atoms with Crippen LogP contribution >= 0.6 is 11.3 Å². The maximum Gasteiger partial charge on any atom is 0.349 e. The molecule has 33 heavy (non-hydrogen) atoms. The van der Waals surface area contributed by atoms with E-state index in [0.717, 1.165) is 31.0 Å². The van der Waals surface area contributed by atoms with Gasteiger partial charge in [-0.15, -0.1) is 11.3 Å². The molecule has 0 atom stereocenters. The van der Waals surface area contributed by atoms with Crippen LogP contribution in [0.4, 0.5) is 16.2 Å². The summed E-state index contributed by atoms with van der Waals surface area (Å²) in [6, 6.07) is 8.32. The number of amides is 2. The number of nitriles is 1. The number of hydrogen-bond acceptors (Lipinski definition) is 7. The minimum absolute atomic E-state index is 0.112. The number of rotatable bonds is 8. The molecule has 2 amide bonds. The molecule has 4 N–H and O–H groups in total. The summed E-state index contributed by atoms with van der Waals surface area (Å²) in [4.78, 5) is 38.2. The Morgan fingerprint density at radius 3 is 2.48 bits per heavy atom. The van der Waals surface area contributed by atoms with Crippen LogP contribution in [-0.2, 0) is 11.3 Å². The lowest BCUT2D eigenvalue weighted by Crippen LogP contribution is -2.35. The smallest absolute Gasteiger partial charge is 0.349 e. The van der Waals surface area contributed by atoms with Crippen molar-refractivity contribution in [2.24, 2.45) is 0 Å². The van der Waals surface area contributed by atoms with Crippen molar-refractivity contribution >= 4 is 46.5 Å². The van der Waals surface area contributed by atoms with Crippen molar-refractivity contribution < 1.29 is 14.7 Å². The second-order valence-electron chi connectivity index (χ2n) is 7.41. The van der Waals surface area contributed by atoms with Crippen LogP contribution in [0.25, 0.3) is 11.8 Å². The highest BCUT2D eigenvalue weighted by Crippen LogP contribution is 2.13. The minimum atomic E-state index is -1.37. The zero-order valence-electron chi connectivity index (χ0n) is 18.3. The molecule has 0 aliphatic carbocycles. The zero-order chi connectivity index (χ0) is 23.8. The van der Waals surface area contributed by atoms with E-state index in [0.29, 0.717) is 17.9 Å². The van der Waals surface area contributed by atoms with Gasteiger partial charge in [-0.05, 0) is 57.1 Å². The molecule has 0 spiro atoms. The normalized spacial score (nSPS) is 15.1. The molecule has 1 aromatic carbocycles. The van der Waals surface area contributed by atoms with Gasteiger partial charge in [0.15, 0.2) is 5.57 Å².